The van der Waals surface area contributed by atoms with Crippen molar-refractivity contribution in [1.29, 1.82) is 0 Å². The molecule has 59 valence electrons. The lowest BCUT2D eigenvalue weighted by molar-refractivity contribution is 0.405. The van der Waals surface area contributed by atoms with Crippen LogP contribution >= 0.6 is 0 Å². The molecular weight excluding hydrogens is 158 g/mol. The third kappa shape index (κ3) is 2.34. The van der Waals surface area contributed by atoms with Crippen LogP contribution in [0, 0.1) is 0 Å². The highest BCUT2D eigenvalue weighted by molar-refractivity contribution is 6.40. The smallest absolute Gasteiger partial charge is 0.383 e. The molecule has 0 heterocycles. The van der Waals surface area contributed by atoms with E-state index >= 15 is 0 Å². The van der Waals surface area contributed by atoms with Crippen molar-refractivity contribution >= 4 is 15.0 Å². The molecule has 0 spiro atoms. The van der Waals surface area contributed by atoms with Crippen LogP contribution in [-0.4, -0.2) is 18.9 Å². The van der Waals surface area contributed by atoms with Crippen molar-refractivity contribution in [2.24, 2.45) is 0 Å². The largest absolute Gasteiger partial charge is 0.410 e. The van der Waals surface area contributed by atoms with E-state index in [1.807, 2.05) is 12.1 Å². The number of benzene rings is 1. The maximum absolute atomic E-state index is 8.73. The molecule has 1 radical (unpaired) electrons. The van der Waals surface area contributed by atoms with E-state index in [9.17, 15) is 0 Å². The predicted octanol–water partition coefficient (Wildman–Crippen LogP) is -0.177. The summed E-state index contributed by atoms with van der Waals surface area (Å²) in [5.41, 5.74) is 7.00. The van der Waals surface area contributed by atoms with E-state index in [0.717, 1.165) is 5.56 Å². The van der Waals surface area contributed by atoms with Gasteiger partial charge in [0.05, 0.1) is 0 Å². The van der Waals surface area contributed by atoms with E-state index in [1.165, 1.54) is 0 Å². The zero-order valence-corrected chi connectivity index (χ0v) is 6.99. The molecule has 0 fully saturated rings. The Hall–Kier alpha value is -0.843. The number of para-hydroxylation sites is 1. The Morgan fingerprint density at radius 1 is 1.27 bits per heavy atom. The molecule has 4 heteroatoms. The van der Waals surface area contributed by atoms with Gasteiger partial charge in [0.25, 0.3) is 0 Å². The molecule has 0 saturated carbocycles. The Labute approximate surface area is 66.9 Å². The fraction of sp³-hybridized carbons (Fsp3) is 0.143. The van der Waals surface area contributed by atoms with Crippen molar-refractivity contribution < 1.29 is 9.59 Å². The molecule has 0 atom stereocenters. The van der Waals surface area contributed by atoms with Crippen molar-refractivity contribution in [3.8, 4) is 0 Å². The number of anilines is 1. The lowest BCUT2D eigenvalue weighted by atomic mass is 10.2. The highest BCUT2D eigenvalue weighted by atomic mass is 28.3. The van der Waals surface area contributed by atoms with Gasteiger partial charge in [-0.3, -0.25) is 0 Å². The van der Waals surface area contributed by atoms with Gasteiger partial charge in [-0.2, -0.15) is 0 Å². The minimum absolute atomic E-state index is 0.289. The Morgan fingerprint density at radius 2 is 1.91 bits per heavy atom. The fourth-order valence-corrected chi connectivity index (χ4v) is 1.53. The first-order valence-electron chi connectivity index (χ1n) is 3.27. The van der Waals surface area contributed by atoms with Crippen molar-refractivity contribution in [2.45, 2.75) is 6.04 Å². The zero-order valence-electron chi connectivity index (χ0n) is 5.99. The minimum Gasteiger partial charge on any atom is -0.410 e. The second-order valence-electron chi connectivity index (χ2n) is 2.29. The second-order valence-corrected chi connectivity index (χ2v) is 3.48. The van der Waals surface area contributed by atoms with Crippen molar-refractivity contribution in [1.82, 2.24) is 0 Å². The van der Waals surface area contributed by atoms with E-state index in [2.05, 4.69) is 0 Å². The number of nitrogens with two attached hydrogens (primary N) is 1. The average molecular weight is 168 g/mol. The summed E-state index contributed by atoms with van der Waals surface area (Å²) in [6, 6.07) is 7.49. The van der Waals surface area contributed by atoms with E-state index < -0.39 is 9.28 Å². The monoisotopic (exact) mass is 168 g/mol. The molecule has 11 heavy (non-hydrogen) atoms. The van der Waals surface area contributed by atoms with Gasteiger partial charge in [0, 0.05) is 11.7 Å². The topological polar surface area (TPSA) is 66.5 Å². The summed E-state index contributed by atoms with van der Waals surface area (Å²) in [5.74, 6) is 0. The first-order valence-corrected chi connectivity index (χ1v) is 4.87. The van der Waals surface area contributed by atoms with Crippen LogP contribution < -0.4 is 5.73 Å². The van der Waals surface area contributed by atoms with Gasteiger partial charge < -0.3 is 15.3 Å². The van der Waals surface area contributed by atoms with Gasteiger partial charge >= 0.3 is 9.28 Å². The highest BCUT2D eigenvalue weighted by Gasteiger charge is 2.07. The van der Waals surface area contributed by atoms with Crippen LogP contribution in [0.5, 0.6) is 0 Å². The van der Waals surface area contributed by atoms with E-state index in [0.29, 0.717) is 5.69 Å². The molecule has 0 aromatic heterocycles. The van der Waals surface area contributed by atoms with E-state index in [-0.39, 0.29) is 6.04 Å². The third-order valence-electron chi connectivity index (χ3n) is 1.40. The van der Waals surface area contributed by atoms with Crippen LogP contribution in [0.15, 0.2) is 24.3 Å². The normalized spacial score (nSPS) is 10.5. The third-order valence-corrected chi connectivity index (χ3v) is 2.10. The van der Waals surface area contributed by atoms with Gasteiger partial charge in [-0.15, -0.1) is 0 Å². The Balaban J connectivity index is 2.78. The van der Waals surface area contributed by atoms with Crippen molar-refractivity contribution in [3.63, 3.8) is 0 Å². The maximum Gasteiger partial charge on any atom is 0.383 e. The molecule has 0 amide bonds. The Kier molecular flexibility index (Phi) is 2.64. The van der Waals surface area contributed by atoms with E-state index in [4.69, 9.17) is 15.3 Å². The van der Waals surface area contributed by atoms with Gasteiger partial charge in [0.1, 0.15) is 0 Å². The molecule has 1 aromatic carbocycles. The molecule has 1 rings (SSSR count). The van der Waals surface area contributed by atoms with Gasteiger partial charge in [-0.05, 0) is 11.6 Å². The minimum atomic E-state index is -2.19. The summed E-state index contributed by atoms with van der Waals surface area (Å²) in [7, 11) is -2.19. The van der Waals surface area contributed by atoms with Crippen molar-refractivity contribution in [2.75, 3.05) is 5.73 Å². The van der Waals surface area contributed by atoms with Gasteiger partial charge in [0.15, 0.2) is 0 Å². The maximum atomic E-state index is 8.73. The SMILES string of the molecule is Nc1ccccc1C[Si](O)O. The van der Waals surface area contributed by atoms with Crippen LogP contribution in [-0.2, 0) is 6.04 Å². The Morgan fingerprint density at radius 3 is 2.45 bits per heavy atom. The highest BCUT2D eigenvalue weighted by Crippen LogP contribution is 2.10. The summed E-state index contributed by atoms with van der Waals surface area (Å²) < 4.78 is 0. The van der Waals surface area contributed by atoms with Crippen LogP contribution in [0.3, 0.4) is 0 Å². The van der Waals surface area contributed by atoms with Gasteiger partial charge in [-0.25, -0.2) is 0 Å². The first-order chi connectivity index (χ1) is 5.20. The van der Waals surface area contributed by atoms with Gasteiger partial charge in [-0.1, -0.05) is 18.2 Å². The summed E-state index contributed by atoms with van der Waals surface area (Å²) in [4.78, 5) is 17.5. The lowest BCUT2D eigenvalue weighted by Gasteiger charge is -2.02. The van der Waals surface area contributed by atoms with E-state index in [1.54, 1.807) is 12.1 Å². The molecule has 3 nitrogen and oxygen atoms in total. The molecular formula is C7H10NO2Si. The van der Waals surface area contributed by atoms with Crippen LogP contribution in [0.1, 0.15) is 5.56 Å². The van der Waals surface area contributed by atoms with Crippen LogP contribution in [0.4, 0.5) is 5.69 Å². The molecule has 0 aliphatic carbocycles. The lowest BCUT2D eigenvalue weighted by Crippen LogP contribution is -2.16. The number of nitrogen functional groups attached to an aromatic ring is 1. The number of rotatable bonds is 2. The average Bonchev–Trinajstić information content (AvgIpc) is 1.93. The molecule has 1 aromatic rings. The molecule has 0 aliphatic heterocycles. The number of hydrogen-bond donors (Lipinski definition) is 3. The molecule has 0 aliphatic rings. The van der Waals surface area contributed by atoms with Crippen molar-refractivity contribution in [3.05, 3.63) is 29.8 Å². The summed E-state index contributed by atoms with van der Waals surface area (Å²) in [6.07, 6.45) is 0. The second kappa shape index (κ2) is 3.52. The fourth-order valence-electron chi connectivity index (χ4n) is 0.866. The molecule has 0 saturated heterocycles. The number of hydrogen-bond acceptors (Lipinski definition) is 3. The summed E-state index contributed by atoms with van der Waals surface area (Å²) in [6.45, 7) is 0. The van der Waals surface area contributed by atoms with Crippen LogP contribution in [0.2, 0.25) is 0 Å². The zero-order chi connectivity index (χ0) is 8.27. The summed E-state index contributed by atoms with van der Waals surface area (Å²) >= 11 is 0. The van der Waals surface area contributed by atoms with Crippen LogP contribution in [0.25, 0.3) is 0 Å². The standard InChI is InChI=1S/C7H10NO2Si/c8-7-4-2-1-3-6(7)5-11(9)10/h1-4,9-10H,5,8H2. The first kappa shape index (κ1) is 8.26. The Bertz CT molecular complexity index is 240. The quantitative estimate of drug-likeness (QED) is 0.424. The summed E-state index contributed by atoms with van der Waals surface area (Å²) in [5, 5.41) is 0. The predicted molar refractivity (Wildman–Crippen MR) is 44.8 cm³/mol. The molecule has 4 N–H and O–H groups in total. The molecule has 0 bridgehead atoms. The molecule has 0 unspecified atom stereocenters. The van der Waals surface area contributed by atoms with Gasteiger partial charge in [0.2, 0.25) is 0 Å².